The third-order valence-electron chi connectivity index (χ3n) is 1.57. The lowest BCUT2D eigenvalue weighted by Gasteiger charge is -2.01. The molecule has 0 amide bonds. The van der Waals surface area contributed by atoms with Crippen LogP contribution in [0.4, 0.5) is 0 Å². The van der Waals surface area contributed by atoms with Crippen LogP contribution in [0.5, 0.6) is 0 Å². The molecule has 0 spiro atoms. The number of ether oxygens (including phenoxy) is 1. The summed E-state index contributed by atoms with van der Waals surface area (Å²) in [5, 5.41) is 0.414. The maximum absolute atomic E-state index is 5.58. The van der Waals surface area contributed by atoms with Crippen LogP contribution in [0.1, 0.15) is 25.5 Å². The molecule has 1 aromatic rings. The molecule has 0 saturated heterocycles. The molecule has 0 aliphatic rings. The number of hydrogen-bond donors (Lipinski definition) is 0. The zero-order chi connectivity index (χ0) is 9.52. The van der Waals surface area contributed by atoms with Gasteiger partial charge in [0.25, 0.3) is 0 Å². The topological polar surface area (TPSA) is 35.0 Å². The highest BCUT2D eigenvalue weighted by atomic mass is 35.5. The molecule has 0 aliphatic heterocycles. The Balaban J connectivity index is 2.25. The van der Waals surface area contributed by atoms with Gasteiger partial charge in [-0.2, -0.15) is 0 Å². The van der Waals surface area contributed by atoms with Crippen molar-refractivity contribution in [3.8, 4) is 0 Å². The molecule has 13 heavy (non-hydrogen) atoms. The van der Waals surface area contributed by atoms with Crippen molar-refractivity contribution in [3.63, 3.8) is 0 Å². The van der Waals surface area contributed by atoms with Crippen molar-refractivity contribution in [1.29, 1.82) is 0 Å². The monoisotopic (exact) mass is 200 g/mol. The molecule has 0 bridgehead atoms. The van der Waals surface area contributed by atoms with Gasteiger partial charge in [-0.1, -0.05) is 24.9 Å². The van der Waals surface area contributed by atoms with Gasteiger partial charge in [0.15, 0.2) is 0 Å². The summed E-state index contributed by atoms with van der Waals surface area (Å²) >= 11 is 5.58. The average molecular weight is 201 g/mol. The third kappa shape index (κ3) is 4.20. The summed E-state index contributed by atoms with van der Waals surface area (Å²) in [5.74, 6) is 0. The zero-order valence-electron chi connectivity index (χ0n) is 7.66. The first-order chi connectivity index (χ1) is 6.33. The predicted molar refractivity (Wildman–Crippen MR) is 51.6 cm³/mol. The summed E-state index contributed by atoms with van der Waals surface area (Å²) in [6.45, 7) is 3.43. The fourth-order valence-corrected chi connectivity index (χ4v) is 0.934. The van der Waals surface area contributed by atoms with E-state index in [0.29, 0.717) is 11.8 Å². The minimum absolute atomic E-state index is 0.414. The summed E-state index contributed by atoms with van der Waals surface area (Å²) in [4.78, 5) is 7.96. The van der Waals surface area contributed by atoms with Gasteiger partial charge in [-0.3, -0.25) is 4.98 Å². The van der Waals surface area contributed by atoms with E-state index in [9.17, 15) is 0 Å². The Morgan fingerprint density at radius 2 is 2.23 bits per heavy atom. The van der Waals surface area contributed by atoms with E-state index in [2.05, 4.69) is 16.9 Å². The maximum Gasteiger partial charge on any atom is 0.147 e. The van der Waals surface area contributed by atoms with E-state index < -0.39 is 0 Å². The Kier molecular flexibility index (Phi) is 4.72. The number of unbranched alkanes of at least 4 members (excludes halogenated alkanes) is 1. The van der Waals surface area contributed by atoms with Crippen LogP contribution in [-0.4, -0.2) is 16.6 Å². The molecule has 0 N–H and O–H groups in total. The van der Waals surface area contributed by atoms with E-state index in [0.717, 1.165) is 25.1 Å². The second-order valence-electron chi connectivity index (χ2n) is 2.74. The molecule has 1 aromatic heterocycles. The van der Waals surface area contributed by atoms with Crippen LogP contribution in [0.2, 0.25) is 5.15 Å². The predicted octanol–water partition coefficient (Wildman–Crippen LogP) is 2.45. The van der Waals surface area contributed by atoms with Crippen LogP contribution < -0.4 is 0 Å². The minimum Gasteiger partial charge on any atom is -0.375 e. The SMILES string of the molecule is CCCCOCc1cnc(Cl)cn1. The van der Waals surface area contributed by atoms with Crippen LogP contribution in [-0.2, 0) is 11.3 Å². The molecule has 4 heteroatoms. The summed E-state index contributed by atoms with van der Waals surface area (Å²) in [5.41, 5.74) is 0.820. The van der Waals surface area contributed by atoms with Gasteiger partial charge in [0.05, 0.1) is 24.7 Å². The molecule has 1 heterocycles. The van der Waals surface area contributed by atoms with Crippen molar-refractivity contribution in [3.05, 3.63) is 23.2 Å². The quantitative estimate of drug-likeness (QED) is 0.685. The Hall–Kier alpha value is -0.670. The van der Waals surface area contributed by atoms with Crippen molar-refractivity contribution in [1.82, 2.24) is 9.97 Å². The number of halogens is 1. The normalized spacial score (nSPS) is 10.3. The highest BCUT2D eigenvalue weighted by Crippen LogP contribution is 2.02. The van der Waals surface area contributed by atoms with Crippen molar-refractivity contribution in [2.75, 3.05) is 6.61 Å². The molecule has 0 aliphatic carbocycles. The van der Waals surface area contributed by atoms with E-state index in [1.54, 1.807) is 6.20 Å². The summed E-state index contributed by atoms with van der Waals surface area (Å²) < 4.78 is 5.35. The molecule has 0 unspecified atom stereocenters. The standard InChI is InChI=1S/C9H13ClN2O/c1-2-3-4-13-7-8-5-12-9(10)6-11-8/h5-6H,2-4,7H2,1H3. The Labute approximate surface area is 83.1 Å². The fourth-order valence-electron chi connectivity index (χ4n) is 0.837. The van der Waals surface area contributed by atoms with Crippen LogP contribution >= 0.6 is 11.6 Å². The lowest BCUT2D eigenvalue weighted by atomic mass is 10.4. The van der Waals surface area contributed by atoms with Gasteiger partial charge >= 0.3 is 0 Å². The highest BCUT2D eigenvalue weighted by Gasteiger charge is 1.95. The molecule has 72 valence electrons. The van der Waals surface area contributed by atoms with Crippen molar-refractivity contribution >= 4 is 11.6 Å². The first-order valence-corrected chi connectivity index (χ1v) is 4.75. The van der Waals surface area contributed by atoms with Gasteiger partial charge in [-0.25, -0.2) is 4.98 Å². The first kappa shape index (κ1) is 10.4. The van der Waals surface area contributed by atoms with Gasteiger partial charge in [0, 0.05) is 6.61 Å². The van der Waals surface area contributed by atoms with Gasteiger partial charge in [0.2, 0.25) is 0 Å². The minimum atomic E-state index is 0.414. The molecular formula is C9H13ClN2O. The molecule has 1 rings (SSSR count). The summed E-state index contributed by atoms with van der Waals surface area (Å²) in [6, 6.07) is 0. The second-order valence-corrected chi connectivity index (χ2v) is 3.12. The fraction of sp³-hybridized carbons (Fsp3) is 0.556. The van der Waals surface area contributed by atoms with Crippen molar-refractivity contribution in [2.45, 2.75) is 26.4 Å². The van der Waals surface area contributed by atoms with Gasteiger partial charge in [-0.05, 0) is 6.42 Å². The van der Waals surface area contributed by atoms with Crippen molar-refractivity contribution in [2.24, 2.45) is 0 Å². The highest BCUT2D eigenvalue weighted by molar-refractivity contribution is 6.29. The van der Waals surface area contributed by atoms with Crippen LogP contribution in [0.3, 0.4) is 0 Å². The first-order valence-electron chi connectivity index (χ1n) is 4.37. The van der Waals surface area contributed by atoms with Crippen LogP contribution in [0, 0.1) is 0 Å². The number of aromatic nitrogens is 2. The van der Waals surface area contributed by atoms with E-state index in [4.69, 9.17) is 16.3 Å². The lowest BCUT2D eigenvalue weighted by Crippen LogP contribution is -1.97. The van der Waals surface area contributed by atoms with Crippen molar-refractivity contribution < 1.29 is 4.74 Å². The molecule has 0 atom stereocenters. The lowest BCUT2D eigenvalue weighted by molar-refractivity contribution is 0.115. The summed E-state index contributed by atoms with van der Waals surface area (Å²) in [7, 11) is 0. The molecule has 3 nitrogen and oxygen atoms in total. The van der Waals surface area contributed by atoms with Gasteiger partial charge in [-0.15, -0.1) is 0 Å². The Bertz CT molecular complexity index is 238. The zero-order valence-corrected chi connectivity index (χ0v) is 8.42. The van der Waals surface area contributed by atoms with Crippen LogP contribution in [0.15, 0.2) is 12.4 Å². The number of hydrogen-bond acceptors (Lipinski definition) is 3. The number of rotatable bonds is 5. The second kappa shape index (κ2) is 5.89. The van der Waals surface area contributed by atoms with E-state index in [1.165, 1.54) is 6.20 Å². The smallest absolute Gasteiger partial charge is 0.147 e. The third-order valence-corrected chi connectivity index (χ3v) is 1.76. The molecule has 0 aromatic carbocycles. The molecular weight excluding hydrogens is 188 g/mol. The Morgan fingerprint density at radius 3 is 2.85 bits per heavy atom. The Morgan fingerprint density at radius 1 is 1.38 bits per heavy atom. The van der Waals surface area contributed by atoms with Crippen LogP contribution in [0.25, 0.3) is 0 Å². The average Bonchev–Trinajstić information content (AvgIpc) is 2.15. The van der Waals surface area contributed by atoms with E-state index >= 15 is 0 Å². The van der Waals surface area contributed by atoms with Gasteiger partial charge < -0.3 is 4.74 Å². The number of nitrogens with zero attached hydrogens (tertiary/aromatic N) is 2. The van der Waals surface area contributed by atoms with E-state index in [-0.39, 0.29) is 0 Å². The molecule has 0 radical (unpaired) electrons. The van der Waals surface area contributed by atoms with Gasteiger partial charge in [0.1, 0.15) is 5.15 Å². The summed E-state index contributed by atoms with van der Waals surface area (Å²) in [6.07, 6.45) is 5.39. The molecule has 0 fully saturated rings. The van der Waals surface area contributed by atoms with E-state index in [1.807, 2.05) is 0 Å². The largest absolute Gasteiger partial charge is 0.375 e. The molecule has 0 saturated carbocycles. The maximum atomic E-state index is 5.58.